The van der Waals surface area contributed by atoms with Gasteiger partial charge in [-0.25, -0.2) is 4.98 Å². The summed E-state index contributed by atoms with van der Waals surface area (Å²) in [6, 6.07) is 14.1. The fourth-order valence-electron chi connectivity index (χ4n) is 3.85. The zero-order chi connectivity index (χ0) is 24.6. The number of benzene rings is 2. The van der Waals surface area contributed by atoms with Crippen LogP contribution in [0.1, 0.15) is 25.7 Å². The molecule has 0 aliphatic carbocycles. The molecule has 0 unspecified atom stereocenters. The molecule has 1 saturated heterocycles. The molecule has 1 fully saturated rings. The number of para-hydroxylation sites is 2. The average molecular weight is 515 g/mol. The summed E-state index contributed by atoms with van der Waals surface area (Å²) in [5.41, 5.74) is 0.902. The summed E-state index contributed by atoms with van der Waals surface area (Å²) in [6.07, 6.45) is 2.82. The normalized spacial score (nSPS) is 15.3. The number of thioether (sulfide) groups is 1. The lowest BCUT2D eigenvalue weighted by Gasteiger charge is -2.14. The smallest absolute Gasteiger partial charge is 0.262 e. The molecule has 2 amide bonds. The Morgan fingerprint density at radius 1 is 1.14 bits per heavy atom. The Kier molecular flexibility index (Phi) is 8.79. The van der Waals surface area contributed by atoms with Gasteiger partial charge in [0.05, 0.1) is 33.5 Å². The van der Waals surface area contributed by atoms with Crippen molar-refractivity contribution in [1.29, 1.82) is 0 Å². The minimum Gasteiger partial charge on any atom is -0.376 e. The van der Waals surface area contributed by atoms with Crippen LogP contribution in [0, 0.1) is 0 Å². The highest BCUT2D eigenvalue weighted by Gasteiger charge is 2.17. The van der Waals surface area contributed by atoms with Crippen LogP contribution in [0.3, 0.4) is 0 Å². The first kappa shape index (κ1) is 25.2. The molecule has 35 heavy (non-hydrogen) atoms. The summed E-state index contributed by atoms with van der Waals surface area (Å²) in [5.74, 6) is -0.279. The molecule has 1 aliphatic rings. The van der Waals surface area contributed by atoms with E-state index in [1.165, 1.54) is 11.8 Å². The Hall–Kier alpha value is -2.88. The molecule has 0 radical (unpaired) electrons. The lowest BCUT2D eigenvalue weighted by Crippen LogP contribution is -2.32. The fourth-order valence-corrected chi connectivity index (χ4v) is 4.86. The minimum atomic E-state index is -0.259. The molecule has 10 heteroatoms. The van der Waals surface area contributed by atoms with Crippen LogP contribution in [0.2, 0.25) is 5.02 Å². The van der Waals surface area contributed by atoms with E-state index in [1.807, 2.05) is 6.07 Å². The molecule has 8 nitrogen and oxygen atoms in total. The minimum absolute atomic E-state index is 0.0535. The summed E-state index contributed by atoms with van der Waals surface area (Å²) in [6.45, 7) is 1.58. The number of hydrogen-bond donors (Lipinski definition) is 2. The van der Waals surface area contributed by atoms with Crippen LogP contribution < -0.4 is 16.2 Å². The molecule has 0 saturated carbocycles. The monoisotopic (exact) mass is 514 g/mol. The van der Waals surface area contributed by atoms with Crippen molar-refractivity contribution in [3.05, 3.63) is 63.9 Å². The molecule has 2 aromatic carbocycles. The van der Waals surface area contributed by atoms with Gasteiger partial charge < -0.3 is 15.4 Å². The van der Waals surface area contributed by atoms with Crippen molar-refractivity contribution in [3.63, 3.8) is 0 Å². The number of ether oxygens (including phenoxy) is 1. The SMILES string of the molecule is O=C(CCCn1c(SCC(=O)Nc2ccccc2Cl)nc2ccccc2c1=O)NC[C@H]1CCCO1. The predicted molar refractivity (Wildman–Crippen MR) is 138 cm³/mol. The van der Waals surface area contributed by atoms with E-state index in [0.29, 0.717) is 46.3 Å². The largest absolute Gasteiger partial charge is 0.376 e. The second kappa shape index (κ2) is 12.2. The van der Waals surface area contributed by atoms with Gasteiger partial charge in [0, 0.05) is 26.1 Å². The molecule has 4 rings (SSSR count). The van der Waals surface area contributed by atoms with E-state index in [4.69, 9.17) is 16.3 Å². The van der Waals surface area contributed by atoms with E-state index in [2.05, 4.69) is 15.6 Å². The molecule has 1 atom stereocenters. The molecule has 184 valence electrons. The number of fused-ring (bicyclic) bond motifs is 1. The third-order valence-electron chi connectivity index (χ3n) is 5.64. The molecule has 1 aliphatic heterocycles. The van der Waals surface area contributed by atoms with Crippen molar-refractivity contribution in [2.75, 3.05) is 24.2 Å². The first-order valence-electron chi connectivity index (χ1n) is 11.6. The highest BCUT2D eigenvalue weighted by Crippen LogP contribution is 2.22. The zero-order valence-electron chi connectivity index (χ0n) is 19.2. The van der Waals surface area contributed by atoms with E-state index in [-0.39, 0.29) is 35.7 Å². The van der Waals surface area contributed by atoms with E-state index >= 15 is 0 Å². The van der Waals surface area contributed by atoms with Gasteiger partial charge in [-0.15, -0.1) is 0 Å². The maximum Gasteiger partial charge on any atom is 0.262 e. The van der Waals surface area contributed by atoms with Crippen molar-refractivity contribution < 1.29 is 14.3 Å². The lowest BCUT2D eigenvalue weighted by atomic mass is 10.2. The Morgan fingerprint density at radius 2 is 1.94 bits per heavy atom. The molecule has 2 N–H and O–H groups in total. The Labute approximate surface area is 212 Å². The van der Waals surface area contributed by atoms with Crippen LogP contribution >= 0.6 is 23.4 Å². The first-order chi connectivity index (χ1) is 17.0. The van der Waals surface area contributed by atoms with E-state index < -0.39 is 0 Å². The van der Waals surface area contributed by atoms with Gasteiger partial charge in [0.1, 0.15) is 0 Å². The van der Waals surface area contributed by atoms with E-state index in [0.717, 1.165) is 19.4 Å². The van der Waals surface area contributed by atoms with Crippen LogP contribution in [0.4, 0.5) is 5.69 Å². The van der Waals surface area contributed by atoms with Crippen LogP contribution in [0.25, 0.3) is 10.9 Å². The predicted octanol–water partition coefficient (Wildman–Crippen LogP) is 3.86. The molecule has 0 spiro atoms. The maximum atomic E-state index is 13.2. The van der Waals surface area contributed by atoms with Gasteiger partial charge in [-0.05, 0) is 43.5 Å². The number of anilines is 1. The summed E-state index contributed by atoms with van der Waals surface area (Å²) in [7, 11) is 0. The van der Waals surface area contributed by atoms with Crippen molar-refractivity contribution in [2.45, 2.75) is 43.5 Å². The van der Waals surface area contributed by atoms with Crippen molar-refractivity contribution in [2.24, 2.45) is 0 Å². The summed E-state index contributed by atoms with van der Waals surface area (Å²) in [4.78, 5) is 42.6. The third kappa shape index (κ3) is 6.84. The molecular formula is C25H27ClN4O4S. The number of rotatable bonds is 10. The summed E-state index contributed by atoms with van der Waals surface area (Å²) < 4.78 is 7.07. The molecule has 3 aromatic rings. The Balaban J connectivity index is 1.41. The number of nitrogens with zero attached hydrogens (tertiary/aromatic N) is 2. The zero-order valence-corrected chi connectivity index (χ0v) is 20.7. The Morgan fingerprint density at radius 3 is 2.74 bits per heavy atom. The van der Waals surface area contributed by atoms with Crippen LogP contribution in [-0.4, -0.2) is 46.4 Å². The number of carbonyl (C=O) groups excluding carboxylic acids is 2. The van der Waals surface area contributed by atoms with Gasteiger partial charge >= 0.3 is 0 Å². The topological polar surface area (TPSA) is 102 Å². The molecule has 2 heterocycles. The van der Waals surface area contributed by atoms with Gasteiger partial charge in [0.15, 0.2) is 5.16 Å². The van der Waals surface area contributed by atoms with Crippen molar-refractivity contribution in [1.82, 2.24) is 14.9 Å². The first-order valence-corrected chi connectivity index (χ1v) is 12.9. The highest BCUT2D eigenvalue weighted by atomic mass is 35.5. The Bertz CT molecular complexity index is 1260. The quantitative estimate of drug-likeness (QED) is 0.314. The number of hydrogen-bond acceptors (Lipinski definition) is 6. The van der Waals surface area contributed by atoms with Crippen LogP contribution in [-0.2, 0) is 20.9 Å². The second-order valence-corrected chi connectivity index (χ2v) is 9.58. The average Bonchev–Trinajstić information content (AvgIpc) is 3.38. The molecule has 0 bridgehead atoms. The highest BCUT2D eigenvalue weighted by molar-refractivity contribution is 7.99. The standard InChI is InChI=1S/C25H27ClN4O4S/c26-19-9-2-4-11-21(19)28-23(32)16-35-25-29-20-10-3-1-8-18(20)24(33)30(25)13-5-12-22(31)27-15-17-7-6-14-34-17/h1-4,8-11,17H,5-7,12-16H2,(H,27,31)(H,28,32)/t17-/m1/s1. The maximum absolute atomic E-state index is 13.2. The van der Waals surface area contributed by atoms with E-state index in [9.17, 15) is 14.4 Å². The van der Waals surface area contributed by atoms with Gasteiger partial charge in [0.2, 0.25) is 11.8 Å². The van der Waals surface area contributed by atoms with Crippen molar-refractivity contribution >= 4 is 51.8 Å². The number of halogens is 1. The number of carbonyl (C=O) groups is 2. The van der Waals surface area contributed by atoms with E-state index in [1.54, 1.807) is 47.0 Å². The third-order valence-corrected chi connectivity index (χ3v) is 6.95. The van der Waals surface area contributed by atoms with Gasteiger partial charge in [-0.2, -0.15) is 0 Å². The number of aromatic nitrogens is 2. The van der Waals surface area contributed by atoms with Crippen LogP contribution in [0.15, 0.2) is 58.5 Å². The molecule has 1 aromatic heterocycles. The molecular weight excluding hydrogens is 488 g/mol. The van der Waals surface area contributed by atoms with Crippen molar-refractivity contribution in [3.8, 4) is 0 Å². The van der Waals surface area contributed by atoms with Gasteiger partial charge in [-0.1, -0.05) is 47.6 Å². The van der Waals surface area contributed by atoms with Gasteiger partial charge in [-0.3, -0.25) is 19.0 Å². The summed E-state index contributed by atoms with van der Waals surface area (Å²) >= 11 is 7.29. The van der Waals surface area contributed by atoms with Gasteiger partial charge in [0.25, 0.3) is 5.56 Å². The number of nitrogens with one attached hydrogen (secondary N) is 2. The lowest BCUT2D eigenvalue weighted by molar-refractivity contribution is -0.121. The number of amides is 2. The fraction of sp³-hybridized carbons (Fsp3) is 0.360. The van der Waals surface area contributed by atoms with Crippen LogP contribution in [0.5, 0.6) is 0 Å². The summed E-state index contributed by atoms with van der Waals surface area (Å²) in [5, 5.41) is 7.06. The second-order valence-electron chi connectivity index (χ2n) is 8.23.